The number of nitrogens with zero attached hydrogens (tertiary/aromatic N) is 2. The number of carbonyl (C=O) groups excluding carboxylic acids is 2. The first-order valence-electron chi connectivity index (χ1n) is 12.8. The van der Waals surface area contributed by atoms with Crippen LogP contribution in [-0.4, -0.2) is 56.1 Å². The maximum atomic E-state index is 13.0. The van der Waals surface area contributed by atoms with Crippen molar-refractivity contribution in [3.05, 3.63) is 90.0 Å². The summed E-state index contributed by atoms with van der Waals surface area (Å²) in [4.78, 5) is 30.0. The van der Waals surface area contributed by atoms with Crippen LogP contribution in [0.1, 0.15) is 24.5 Å². The molecule has 2 N–H and O–H groups in total. The second-order valence-electron chi connectivity index (χ2n) is 9.14. The van der Waals surface area contributed by atoms with Crippen molar-refractivity contribution in [1.82, 2.24) is 4.90 Å². The van der Waals surface area contributed by atoms with Gasteiger partial charge in [0.05, 0.1) is 24.5 Å². The molecular weight excluding hydrogens is 464 g/mol. The second-order valence-corrected chi connectivity index (χ2v) is 9.14. The van der Waals surface area contributed by atoms with Gasteiger partial charge in [-0.3, -0.25) is 14.5 Å². The van der Waals surface area contributed by atoms with E-state index in [-0.39, 0.29) is 11.8 Å². The molecule has 0 radical (unpaired) electrons. The first-order chi connectivity index (χ1) is 18.1. The number of amides is 2. The van der Waals surface area contributed by atoms with Gasteiger partial charge in [-0.1, -0.05) is 55.5 Å². The summed E-state index contributed by atoms with van der Waals surface area (Å²) in [6, 6.07) is 25.4. The van der Waals surface area contributed by atoms with Gasteiger partial charge < -0.3 is 20.3 Å². The number of carbonyl (C=O) groups is 2. The van der Waals surface area contributed by atoms with Gasteiger partial charge in [0.2, 0.25) is 5.91 Å². The predicted octanol–water partition coefficient (Wildman–Crippen LogP) is 4.69. The summed E-state index contributed by atoms with van der Waals surface area (Å²) in [7, 11) is 0. The van der Waals surface area contributed by atoms with Crippen LogP contribution in [0, 0.1) is 0 Å². The number of rotatable bonds is 8. The molecule has 7 nitrogen and oxygen atoms in total. The highest BCUT2D eigenvalue weighted by atomic mass is 16.5. The Morgan fingerprint density at radius 2 is 1.68 bits per heavy atom. The van der Waals surface area contributed by atoms with Gasteiger partial charge >= 0.3 is 0 Å². The van der Waals surface area contributed by atoms with E-state index in [1.54, 1.807) is 0 Å². The molecule has 0 unspecified atom stereocenters. The fourth-order valence-electron chi connectivity index (χ4n) is 4.77. The highest BCUT2D eigenvalue weighted by Gasteiger charge is 2.28. The van der Waals surface area contributed by atoms with Crippen LogP contribution in [-0.2, 0) is 14.3 Å². The summed E-state index contributed by atoms with van der Waals surface area (Å²) in [5.74, 6) is -0.0349. The van der Waals surface area contributed by atoms with Gasteiger partial charge in [-0.2, -0.15) is 0 Å². The van der Waals surface area contributed by atoms with Crippen LogP contribution in [0.15, 0.2) is 78.9 Å². The number of para-hydroxylation sites is 1. The Balaban J connectivity index is 1.41. The second kappa shape index (κ2) is 11.4. The minimum atomic E-state index is -0.132. The summed E-state index contributed by atoms with van der Waals surface area (Å²) in [5, 5.41) is 6.47. The number of nitrogens with one attached hydrogen (secondary N) is 2. The smallest absolute Gasteiger partial charge is 0.258 e. The lowest BCUT2D eigenvalue weighted by Crippen LogP contribution is -2.43. The summed E-state index contributed by atoms with van der Waals surface area (Å²) in [5.41, 5.74) is 5.65. The third-order valence-electron chi connectivity index (χ3n) is 6.78. The fourth-order valence-corrected chi connectivity index (χ4v) is 4.77. The van der Waals surface area contributed by atoms with E-state index in [0.717, 1.165) is 66.7 Å². The molecule has 190 valence electrons. The molecular formula is C30H32N4O3. The molecule has 37 heavy (non-hydrogen) atoms. The van der Waals surface area contributed by atoms with E-state index < -0.39 is 0 Å². The van der Waals surface area contributed by atoms with Crippen molar-refractivity contribution < 1.29 is 14.3 Å². The van der Waals surface area contributed by atoms with Crippen molar-refractivity contribution in [3.8, 4) is 0 Å². The average Bonchev–Trinajstić information content (AvgIpc) is 3.28. The molecule has 0 bridgehead atoms. The molecule has 0 atom stereocenters. The van der Waals surface area contributed by atoms with Crippen LogP contribution < -0.4 is 15.5 Å². The Labute approximate surface area is 217 Å². The minimum Gasteiger partial charge on any atom is -0.379 e. The topological polar surface area (TPSA) is 73.9 Å². The molecule has 1 fully saturated rings. The van der Waals surface area contributed by atoms with Gasteiger partial charge in [0.25, 0.3) is 5.91 Å². The van der Waals surface area contributed by atoms with E-state index >= 15 is 0 Å². The monoisotopic (exact) mass is 496 g/mol. The van der Waals surface area contributed by atoms with E-state index in [4.69, 9.17) is 4.74 Å². The number of morpholine rings is 1. The normalized spacial score (nSPS) is 16.6. The number of benzene rings is 3. The minimum absolute atomic E-state index is 0.0975. The van der Waals surface area contributed by atoms with Gasteiger partial charge in [-0.15, -0.1) is 0 Å². The quantitative estimate of drug-likeness (QED) is 0.443. The number of ether oxygens (including phenoxy) is 1. The van der Waals surface area contributed by atoms with Crippen molar-refractivity contribution >= 4 is 40.1 Å². The molecule has 1 saturated heterocycles. The van der Waals surface area contributed by atoms with Gasteiger partial charge in [-0.05, 0) is 35.9 Å². The van der Waals surface area contributed by atoms with Crippen LogP contribution in [0.2, 0.25) is 0 Å². The molecule has 0 saturated carbocycles. The molecule has 3 aromatic carbocycles. The maximum Gasteiger partial charge on any atom is 0.258 e. The van der Waals surface area contributed by atoms with Crippen molar-refractivity contribution in [2.24, 2.45) is 0 Å². The lowest BCUT2D eigenvalue weighted by atomic mass is 10.00. The van der Waals surface area contributed by atoms with Crippen molar-refractivity contribution in [2.45, 2.75) is 13.3 Å². The number of anilines is 3. The highest BCUT2D eigenvalue weighted by molar-refractivity contribution is 6.37. The van der Waals surface area contributed by atoms with E-state index in [1.165, 1.54) is 0 Å². The predicted molar refractivity (Wildman–Crippen MR) is 148 cm³/mol. The Morgan fingerprint density at radius 1 is 0.973 bits per heavy atom. The highest BCUT2D eigenvalue weighted by Crippen LogP contribution is 2.37. The van der Waals surface area contributed by atoms with Gasteiger partial charge in [0.15, 0.2) is 0 Å². The first-order valence-corrected chi connectivity index (χ1v) is 12.8. The van der Waals surface area contributed by atoms with Crippen LogP contribution in [0.3, 0.4) is 0 Å². The average molecular weight is 497 g/mol. The Morgan fingerprint density at radius 3 is 2.41 bits per heavy atom. The Bertz CT molecular complexity index is 1280. The molecule has 0 aliphatic carbocycles. The van der Waals surface area contributed by atoms with E-state index in [0.29, 0.717) is 18.5 Å². The van der Waals surface area contributed by atoms with Crippen LogP contribution in [0.25, 0.3) is 11.3 Å². The largest absolute Gasteiger partial charge is 0.379 e. The lowest BCUT2D eigenvalue weighted by molar-refractivity contribution is -0.118. The van der Waals surface area contributed by atoms with Gasteiger partial charge in [0.1, 0.15) is 0 Å². The van der Waals surface area contributed by atoms with Crippen LogP contribution in [0.5, 0.6) is 0 Å². The van der Waals surface area contributed by atoms with Crippen molar-refractivity contribution in [1.29, 1.82) is 0 Å². The summed E-state index contributed by atoms with van der Waals surface area (Å²) < 4.78 is 5.44. The number of hydrogen-bond donors (Lipinski definition) is 2. The number of hydrogen-bond acceptors (Lipinski definition) is 5. The zero-order chi connectivity index (χ0) is 25.6. The zero-order valence-electron chi connectivity index (χ0n) is 21.1. The summed E-state index contributed by atoms with van der Waals surface area (Å²) in [6.07, 6.45) is 0.446. The van der Waals surface area contributed by atoms with Gasteiger partial charge in [-0.25, -0.2) is 0 Å². The van der Waals surface area contributed by atoms with Crippen LogP contribution >= 0.6 is 0 Å². The third kappa shape index (κ3) is 5.58. The number of fused-ring (bicyclic) bond motifs is 1. The molecule has 2 amide bonds. The molecule has 7 heteroatoms. The lowest BCUT2D eigenvalue weighted by Gasteiger charge is -2.30. The Kier molecular flexibility index (Phi) is 7.63. The molecule has 2 aliphatic rings. The molecule has 5 rings (SSSR count). The van der Waals surface area contributed by atoms with Gasteiger partial charge in [0, 0.05) is 55.2 Å². The van der Waals surface area contributed by atoms with E-state index in [1.807, 2.05) is 90.7 Å². The van der Waals surface area contributed by atoms with Crippen molar-refractivity contribution in [2.75, 3.05) is 54.9 Å². The molecule has 3 aromatic rings. The zero-order valence-corrected chi connectivity index (χ0v) is 21.1. The summed E-state index contributed by atoms with van der Waals surface area (Å²) >= 11 is 0. The maximum absolute atomic E-state index is 13.0. The fraction of sp³-hybridized carbons (Fsp3) is 0.267. The SMILES string of the molecule is CCC(=O)N(CCN1CCOCC1)c1ccc(NC(=C2C(=O)Nc3ccccc32)c2ccccc2)cc1. The van der Waals surface area contributed by atoms with Crippen molar-refractivity contribution in [3.63, 3.8) is 0 Å². The Hall–Kier alpha value is -3.94. The van der Waals surface area contributed by atoms with E-state index in [2.05, 4.69) is 15.5 Å². The molecule has 2 heterocycles. The summed E-state index contributed by atoms with van der Waals surface area (Å²) in [6.45, 7) is 6.61. The third-order valence-corrected chi connectivity index (χ3v) is 6.78. The van der Waals surface area contributed by atoms with E-state index in [9.17, 15) is 9.59 Å². The molecule has 2 aliphatic heterocycles. The molecule has 0 spiro atoms. The van der Waals surface area contributed by atoms with Crippen LogP contribution in [0.4, 0.5) is 17.1 Å². The first kappa shape index (κ1) is 24.7. The molecule has 0 aromatic heterocycles. The standard InChI is InChI=1S/C30H32N4O3/c1-2-27(35)34(17-16-33-18-20-37-21-19-33)24-14-12-23(13-15-24)31-29(22-8-4-3-5-9-22)28-25-10-6-7-11-26(25)32-30(28)36/h3-15,31H,2,16-21H2,1H3,(H,32,36).